The van der Waals surface area contributed by atoms with E-state index in [1.807, 2.05) is 13.0 Å². The van der Waals surface area contributed by atoms with Crippen LogP contribution < -0.4 is 5.32 Å². The Morgan fingerprint density at radius 1 is 1.31 bits per heavy atom. The molecule has 0 spiro atoms. The van der Waals surface area contributed by atoms with Gasteiger partial charge in [-0.1, -0.05) is 6.92 Å². The molecular formula is C22H28FN5O. The highest BCUT2D eigenvalue weighted by Gasteiger charge is 2.32. The van der Waals surface area contributed by atoms with Crippen molar-refractivity contribution in [3.05, 3.63) is 41.3 Å². The molecule has 7 heteroatoms. The molecule has 0 aliphatic carbocycles. The number of rotatable bonds is 4. The Balaban J connectivity index is 1.79. The van der Waals surface area contributed by atoms with Crippen molar-refractivity contribution in [1.82, 2.24) is 25.4 Å². The van der Waals surface area contributed by atoms with Crippen LogP contribution in [-0.4, -0.2) is 49.9 Å². The van der Waals surface area contributed by atoms with Crippen LogP contribution in [0.15, 0.2) is 24.3 Å². The van der Waals surface area contributed by atoms with Crippen LogP contribution in [0.2, 0.25) is 0 Å². The number of nitrogens with one attached hydrogen (secondary N) is 2. The molecule has 1 saturated heterocycles. The Morgan fingerprint density at radius 2 is 2.10 bits per heavy atom. The average Bonchev–Trinajstić information content (AvgIpc) is 3.02. The lowest BCUT2D eigenvalue weighted by atomic mass is 9.96. The number of hydrogen-bond acceptors (Lipinski definition) is 5. The number of phenolic OH excluding ortho intramolecular Hbond substituents is 1. The summed E-state index contributed by atoms with van der Waals surface area (Å²) in [7, 11) is 0. The normalized spacial score (nSPS) is 19.7. The Morgan fingerprint density at radius 3 is 2.83 bits per heavy atom. The molecule has 0 saturated carbocycles. The second kappa shape index (κ2) is 7.39. The van der Waals surface area contributed by atoms with Crippen LogP contribution >= 0.6 is 0 Å². The lowest BCUT2D eigenvalue weighted by molar-refractivity contribution is 0.0862. The molecule has 1 aromatic carbocycles. The first-order valence-electron chi connectivity index (χ1n) is 10.1. The third-order valence-electron chi connectivity index (χ3n) is 5.80. The van der Waals surface area contributed by atoms with Gasteiger partial charge in [0.15, 0.2) is 5.65 Å². The summed E-state index contributed by atoms with van der Waals surface area (Å²) in [5.74, 6) is -0.590. The third-order valence-corrected chi connectivity index (χ3v) is 5.80. The molecule has 0 unspecified atom stereocenters. The van der Waals surface area contributed by atoms with Crippen LogP contribution in [0.3, 0.4) is 0 Å². The summed E-state index contributed by atoms with van der Waals surface area (Å²) in [5.41, 5.74) is 3.57. The van der Waals surface area contributed by atoms with Gasteiger partial charge in [0.25, 0.3) is 0 Å². The summed E-state index contributed by atoms with van der Waals surface area (Å²) in [6.07, 6.45) is 1.06. The average molecular weight is 397 g/mol. The molecule has 6 nitrogen and oxygen atoms in total. The van der Waals surface area contributed by atoms with Gasteiger partial charge in [0.2, 0.25) is 0 Å². The van der Waals surface area contributed by atoms with Crippen molar-refractivity contribution in [2.24, 2.45) is 0 Å². The van der Waals surface area contributed by atoms with E-state index in [0.717, 1.165) is 48.8 Å². The van der Waals surface area contributed by atoms with Gasteiger partial charge in [0, 0.05) is 48.2 Å². The molecule has 3 aromatic rings. The largest absolute Gasteiger partial charge is 0.508 e. The standard InChI is InChI=1S/C22H28FN5O/c1-5-15-10-24-22(3,4)12-28(15)11-14-8-19(17-7-6-16(29)9-18(17)23)25-21-20(14)13(2)26-27-21/h6-9,15,24,29H,5,10-12H2,1-4H3,(H,25,26,27)/t15-/m1/s1. The Bertz CT molecular complexity index is 1050. The van der Waals surface area contributed by atoms with E-state index in [0.29, 0.717) is 22.9 Å². The number of aryl methyl sites for hydroxylation is 1. The molecule has 2 aromatic heterocycles. The number of phenols is 1. The minimum absolute atomic E-state index is 0.0369. The third kappa shape index (κ3) is 3.84. The van der Waals surface area contributed by atoms with Crippen molar-refractivity contribution in [3.8, 4) is 17.0 Å². The molecular weight excluding hydrogens is 369 g/mol. The lowest BCUT2D eigenvalue weighted by Gasteiger charge is -2.44. The number of aromatic nitrogens is 3. The van der Waals surface area contributed by atoms with Crippen LogP contribution in [0.4, 0.5) is 4.39 Å². The minimum atomic E-state index is -0.492. The van der Waals surface area contributed by atoms with Crippen molar-refractivity contribution in [1.29, 1.82) is 0 Å². The number of aromatic hydroxyl groups is 1. The van der Waals surface area contributed by atoms with Gasteiger partial charge in [-0.3, -0.25) is 10.00 Å². The van der Waals surface area contributed by atoms with E-state index in [1.165, 1.54) is 6.07 Å². The van der Waals surface area contributed by atoms with Gasteiger partial charge in [-0.05, 0) is 51.0 Å². The van der Waals surface area contributed by atoms with Crippen molar-refractivity contribution in [2.45, 2.75) is 52.2 Å². The van der Waals surface area contributed by atoms with Crippen LogP contribution in [0, 0.1) is 12.7 Å². The van der Waals surface area contributed by atoms with Gasteiger partial charge in [0.1, 0.15) is 11.6 Å². The first-order valence-corrected chi connectivity index (χ1v) is 10.1. The molecule has 1 aliphatic rings. The molecule has 0 bridgehead atoms. The lowest BCUT2D eigenvalue weighted by Crippen LogP contribution is -2.61. The molecule has 0 radical (unpaired) electrons. The first-order chi connectivity index (χ1) is 13.8. The smallest absolute Gasteiger partial charge is 0.156 e. The van der Waals surface area contributed by atoms with Crippen molar-refractivity contribution < 1.29 is 9.50 Å². The number of pyridine rings is 1. The van der Waals surface area contributed by atoms with Gasteiger partial charge in [0.05, 0.1) is 11.4 Å². The molecule has 1 aliphatic heterocycles. The molecule has 1 atom stereocenters. The Labute approximate surface area is 170 Å². The molecule has 3 N–H and O–H groups in total. The van der Waals surface area contributed by atoms with Crippen molar-refractivity contribution in [2.75, 3.05) is 13.1 Å². The molecule has 29 heavy (non-hydrogen) atoms. The van der Waals surface area contributed by atoms with Gasteiger partial charge in [-0.25, -0.2) is 9.37 Å². The fourth-order valence-electron chi connectivity index (χ4n) is 4.27. The monoisotopic (exact) mass is 397 g/mol. The maximum atomic E-state index is 14.5. The van der Waals surface area contributed by atoms with Crippen LogP contribution in [0.5, 0.6) is 5.75 Å². The predicted molar refractivity (Wildman–Crippen MR) is 112 cm³/mol. The number of piperazine rings is 1. The molecule has 3 heterocycles. The van der Waals surface area contributed by atoms with E-state index in [9.17, 15) is 9.50 Å². The first kappa shape index (κ1) is 19.8. The highest BCUT2D eigenvalue weighted by molar-refractivity contribution is 5.84. The number of H-pyrrole nitrogens is 1. The van der Waals surface area contributed by atoms with Gasteiger partial charge < -0.3 is 10.4 Å². The highest BCUT2D eigenvalue weighted by atomic mass is 19.1. The van der Waals surface area contributed by atoms with E-state index in [4.69, 9.17) is 0 Å². The van der Waals surface area contributed by atoms with E-state index in [-0.39, 0.29) is 11.3 Å². The zero-order chi connectivity index (χ0) is 20.8. The second-order valence-corrected chi connectivity index (χ2v) is 8.60. The quantitative estimate of drug-likeness (QED) is 0.625. The summed E-state index contributed by atoms with van der Waals surface area (Å²) >= 11 is 0. The summed E-state index contributed by atoms with van der Waals surface area (Å²) < 4.78 is 14.5. The zero-order valence-electron chi connectivity index (χ0n) is 17.4. The highest BCUT2D eigenvalue weighted by Crippen LogP contribution is 2.31. The Kier molecular flexibility index (Phi) is 5.04. The fourth-order valence-corrected chi connectivity index (χ4v) is 4.27. The van der Waals surface area contributed by atoms with E-state index in [1.54, 1.807) is 6.07 Å². The van der Waals surface area contributed by atoms with E-state index >= 15 is 0 Å². The maximum absolute atomic E-state index is 14.5. The van der Waals surface area contributed by atoms with E-state index in [2.05, 4.69) is 46.2 Å². The number of nitrogens with zero attached hydrogens (tertiary/aromatic N) is 3. The second-order valence-electron chi connectivity index (χ2n) is 8.60. The topological polar surface area (TPSA) is 77.1 Å². The fraction of sp³-hybridized carbons (Fsp3) is 0.455. The predicted octanol–water partition coefficient (Wildman–Crippen LogP) is 3.74. The number of halogens is 1. The number of benzene rings is 1. The maximum Gasteiger partial charge on any atom is 0.156 e. The molecule has 0 amide bonds. The molecule has 154 valence electrons. The van der Waals surface area contributed by atoms with Gasteiger partial charge in [-0.2, -0.15) is 5.10 Å². The summed E-state index contributed by atoms with van der Waals surface area (Å²) in [4.78, 5) is 7.10. The summed E-state index contributed by atoms with van der Waals surface area (Å²) in [5, 5.41) is 21.5. The summed E-state index contributed by atoms with van der Waals surface area (Å²) in [6.45, 7) is 11.2. The minimum Gasteiger partial charge on any atom is -0.508 e. The van der Waals surface area contributed by atoms with Crippen molar-refractivity contribution >= 4 is 11.0 Å². The van der Waals surface area contributed by atoms with E-state index < -0.39 is 5.82 Å². The Hall–Kier alpha value is -2.51. The van der Waals surface area contributed by atoms with Crippen LogP contribution in [0.1, 0.15) is 38.4 Å². The number of aromatic amines is 1. The zero-order valence-corrected chi connectivity index (χ0v) is 17.4. The number of hydrogen-bond donors (Lipinski definition) is 3. The number of fused-ring (bicyclic) bond motifs is 1. The van der Waals surface area contributed by atoms with Crippen LogP contribution in [-0.2, 0) is 6.54 Å². The van der Waals surface area contributed by atoms with Gasteiger partial charge in [-0.15, -0.1) is 0 Å². The van der Waals surface area contributed by atoms with Crippen molar-refractivity contribution in [3.63, 3.8) is 0 Å². The molecule has 4 rings (SSSR count). The molecule has 1 fully saturated rings. The SMILES string of the molecule is CC[C@@H]1CNC(C)(C)CN1Cc1cc(-c2ccc(O)cc2F)nc2[nH]nc(C)c12. The summed E-state index contributed by atoms with van der Waals surface area (Å²) in [6, 6.07) is 6.56. The van der Waals surface area contributed by atoms with Gasteiger partial charge >= 0.3 is 0 Å². The van der Waals surface area contributed by atoms with Crippen LogP contribution in [0.25, 0.3) is 22.3 Å².